The van der Waals surface area contributed by atoms with Crippen molar-refractivity contribution in [3.8, 4) is 0 Å². The van der Waals surface area contributed by atoms with Crippen molar-refractivity contribution in [3.05, 3.63) is 101 Å². The summed E-state index contributed by atoms with van der Waals surface area (Å²) in [5.41, 5.74) is 6.68. The van der Waals surface area contributed by atoms with Gasteiger partial charge in [-0.3, -0.25) is 14.4 Å². The van der Waals surface area contributed by atoms with E-state index in [2.05, 4.69) is 5.32 Å². The van der Waals surface area contributed by atoms with Gasteiger partial charge in [-0.2, -0.15) is 0 Å². The highest BCUT2D eigenvalue weighted by atomic mass is 19.1. The second-order valence-electron chi connectivity index (χ2n) is 7.24. The molecule has 32 heavy (non-hydrogen) atoms. The molecule has 3 N–H and O–H groups in total. The number of hydrogen-bond acceptors (Lipinski definition) is 3. The number of halogens is 2. The van der Waals surface area contributed by atoms with E-state index in [0.29, 0.717) is 11.3 Å². The molecular formula is C24H21F2N3O3. The average molecular weight is 437 g/mol. The molecule has 0 heterocycles. The highest BCUT2D eigenvalue weighted by Gasteiger charge is 2.28. The van der Waals surface area contributed by atoms with Gasteiger partial charge in [-0.1, -0.05) is 30.3 Å². The summed E-state index contributed by atoms with van der Waals surface area (Å²) in [5, 5.41) is 2.60. The van der Waals surface area contributed by atoms with Gasteiger partial charge in [-0.25, -0.2) is 8.78 Å². The van der Waals surface area contributed by atoms with Gasteiger partial charge in [0.25, 0.3) is 11.8 Å². The van der Waals surface area contributed by atoms with Gasteiger partial charge in [0.2, 0.25) is 5.91 Å². The molecule has 0 spiro atoms. The number of carbonyl (C=O) groups excluding carboxylic acids is 3. The molecule has 0 saturated heterocycles. The zero-order valence-corrected chi connectivity index (χ0v) is 17.4. The van der Waals surface area contributed by atoms with E-state index in [9.17, 15) is 23.2 Å². The molecule has 0 aliphatic heterocycles. The molecule has 3 aromatic carbocycles. The third-order valence-corrected chi connectivity index (χ3v) is 4.99. The fourth-order valence-corrected chi connectivity index (χ4v) is 3.30. The van der Waals surface area contributed by atoms with Gasteiger partial charge in [-0.05, 0) is 54.4 Å². The van der Waals surface area contributed by atoms with Crippen LogP contribution < -0.4 is 11.1 Å². The topological polar surface area (TPSA) is 92.5 Å². The summed E-state index contributed by atoms with van der Waals surface area (Å²) < 4.78 is 27.6. The number of primary amides is 1. The standard InChI is InChI=1S/C24H21F2N3O3/c1-14-10-11-16(13-20(14)28-23(31)18-8-3-4-9-19(18)26)24(32)29(2)21(22(27)30)15-6-5-7-17(25)12-15/h3-13,21H,1-2H3,(H2,27,30)(H,28,31). The largest absolute Gasteiger partial charge is 0.368 e. The van der Waals surface area contributed by atoms with Crippen molar-refractivity contribution < 1.29 is 23.2 Å². The number of nitrogens with one attached hydrogen (secondary N) is 1. The SMILES string of the molecule is Cc1ccc(C(=O)N(C)C(C(N)=O)c2cccc(F)c2)cc1NC(=O)c1ccccc1F. The van der Waals surface area contributed by atoms with Crippen LogP contribution in [-0.4, -0.2) is 29.7 Å². The maximum Gasteiger partial charge on any atom is 0.258 e. The molecule has 3 aromatic rings. The van der Waals surface area contributed by atoms with Crippen LogP contribution in [0.4, 0.5) is 14.5 Å². The number of nitrogens with zero attached hydrogens (tertiary/aromatic N) is 1. The molecule has 1 unspecified atom stereocenters. The van der Waals surface area contributed by atoms with Gasteiger partial charge < -0.3 is 16.0 Å². The lowest BCUT2D eigenvalue weighted by Crippen LogP contribution is -2.39. The van der Waals surface area contributed by atoms with Crippen LogP contribution in [-0.2, 0) is 4.79 Å². The normalized spacial score (nSPS) is 11.5. The van der Waals surface area contributed by atoms with E-state index in [0.717, 1.165) is 11.0 Å². The molecule has 0 radical (unpaired) electrons. The fourth-order valence-electron chi connectivity index (χ4n) is 3.30. The first-order valence-electron chi connectivity index (χ1n) is 9.67. The first-order chi connectivity index (χ1) is 15.2. The Morgan fingerprint density at radius 3 is 2.34 bits per heavy atom. The van der Waals surface area contributed by atoms with Crippen molar-refractivity contribution in [1.82, 2.24) is 4.90 Å². The maximum absolute atomic E-state index is 13.9. The number of benzene rings is 3. The summed E-state index contributed by atoms with van der Waals surface area (Å²) in [5.74, 6) is -3.30. The number of anilines is 1. The molecule has 8 heteroatoms. The summed E-state index contributed by atoms with van der Waals surface area (Å²) >= 11 is 0. The lowest BCUT2D eigenvalue weighted by molar-refractivity contribution is -0.122. The molecule has 0 bridgehead atoms. The van der Waals surface area contributed by atoms with Gasteiger partial charge in [0.1, 0.15) is 17.7 Å². The molecule has 1 atom stereocenters. The van der Waals surface area contributed by atoms with Crippen LogP contribution in [0, 0.1) is 18.6 Å². The zero-order valence-electron chi connectivity index (χ0n) is 17.4. The Labute approximate surface area is 183 Å². The predicted octanol–water partition coefficient (Wildman–Crippen LogP) is 3.82. The molecule has 3 amide bonds. The minimum absolute atomic E-state index is 0.138. The molecular weight excluding hydrogens is 416 g/mol. The van der Waals surface area contributed by atoms with Crippen molar-refractivity contribution in [3.63, 3.8) is 0 Å². The van der Waals surface area contributed by atoms with Crippen molar-refractivity contribution in [2.24, 2.45) is 5.73 Å². The highest BCUT2D eigenvalue weighted by Crippen LogP contribution is 2.24. The van der Waals surface area contributed by atoms with Crippen LogP contribution in [0.25, 0.3) is 0 Å². The molecule has 6 nitrogen and oxygen atoms in total. The van der Waals surface area contributed by atoms with Crippen molar-refractivity contribution >= 4 is 23.4 Å². The first kappa shape index (κ1) is 22.6. The van der Waals surface area contributed by atoms with Crippen LogP contribution in [0.2, 0.25) is 0 Å². The van der Waals surface area contributed by atoms with Gasteiger partial charge in [0, 0.05) is 18.3 Å². The number of hydrogen-bond donors (Lipinski definition) is 2. The Bertz CT molecular complexity index is 1200. The Morgan fingerprint density at radius 1 is 0.969 bits per heavy atom. The van der Waals surface area contributed by atoms with Gasteiger partial charge in [0.05, 0.1) is 5.56 Å². The third kappa shape index (κ3) is 4.80. The highest BCUT2D eigenvalue weighted by molar-refractivity contribution is 6.06. The van der Waals surface area contributed by atoms with Gasteiger partial charge in [-0.15, -0.1) is 0 Å². The maximum atomic E-state index is 13.9. The Kier molecular flexibility index (Phi) is 6.63. The lowest BCUT2D eigenvalue weighted by atomic mass is 10.0. The first-order valence-corrected chi connectivity index (χ1v) is 9.67. The molecule has 164 valence electrons. The average Bonchev–Trinajstić information content (AvgIpc) is 2.75. The van der Waals surface area contributed by atoms with E-state index < -0.39 is 35.4 Å². The number of carbonyl (C=O) groups is 3. The van der Waals surface area contributed by atoms with Gasteiger partial charge >= 0.3 is 0 Å². The number of likely N-dealkylation sites (N-methyl/N-ethyl adjacent to an activating group) is 1. The van der Waals surface area contributed by atoms with Crippen LogP contribution in [0.5, 0.6) is 0 Å². The second kappa shape index (κ2) is 9.38. The van der Waals surface area contributed by atoms with Crippen molar-refractivity contribution in [2.45, 2.75) is 13.0 Å². The summed E-state index contributed by atoms with van der Waals surface area (Å²) in [6.45, 7) is 1.72. The van der Waals surface area contributed by atoms with Crippen molar-refractivity contribution in [1.29, 1.82) is 0 Å². The quantitative estimate of drug-likeness (QED) is 0.614. The summed E-state index contributed by atoms with van der Waals surface area (Å²) in [6.07, 6.45) is 0. The second-order valence-corrected chi connectivity index (χ2v) is 7.24. The Balaban J connectivity index is 1.89. The Morgan fingerprint density at radius 2 is 1.69 bits per heavy atom. The number of aryl methyl sites for hydroxylation is 1. The molecule has 0 fully saturated rings. The van der Waals surface area contributed by atoms with Crippen LogP contribution >= 0.6 is 0 Å². The minimum atomic E-state index is -1.20. The third-order valence-electron chi connectivity index (χ3n) is 4.99. The number of rotatable bonds is 6. The number of nitrogens with two attached hydrogens (primary N) is 1. The monoisotopic (exact) mass is 437 g/mol. The van der Waals surface area contributed by atoms with E-state index in [1.54, 1.807) is 13.0 Å². The molecule has 0 aliphatic carbocycles. The molecule has 0 aromatic heterocycles. The summed E-state index contributed by atoms with van der Waals surface area (Å²) in [7, 11) is 1.38. The van der Waals surface area contributed by atoms with Crippen LogP contribution in [0.3, 0.4) is 0 Å². The van der Waals surface area contributed by atoms with Crippen molar-refractivity contribution in [2.75, 3.05) is 12.4 Å². The number of amides is 3. The van der Waals surface area contributed by atoms with E-state index in [4.69, 9.17) is 5.73 Å². The Hall–Kier alpha value is -4.07. The fraction of sp³-hybridized carbons (Fsp3) is 0.125. The molecule has 3 rings (SSSR count). The predicted molar refractivity (Wildman–Crippen MR) is 116 cm³/mol. The summed E-state index contributed by atoms with van der Waals surface area (Å²) in [4.78, 5) is 38.7. The smallest absolute Gasteiger partial charge is 0.258 e. The van der Waals surface area contributed by atoms with Gasteiger partial charge in [0.15, 0.2) is 0 Å². The molecule has 0 saturated carbocycles. The van der Waals surface area contributed by atoms with E-state index in [1.165, 1.54) is 61.6 Å². The van der Waals surface area contributed by atoms with E-state index >= 15 is 0 Å². The summed E-state index contributed by atoms with van der Waals surface area (Å²) in [6, 6.07) is 14.2. The van der Waals surface area contributed by atoms with E-state index in [-0.39, 0.29) is 16.7 Å². The molecule has 0 aliphatic rings. The minimum Gasteiger partial charge on any atom is -0.368 e. The van der Waals surface area contributed by atoms with E-state index in [1.807, 2.05) is 0 Å². The lowest BCUT2D eigenvalue weighted by Gasteiger charge is -2.26. The van der Waals surface area contributed by atoms with Crippen LogP contribution in [0.1, 0.15) is 37.9 Å². The zero-order chi connectivity index (χ0) is 23.4. The van der Waals surface area contributed by atoms with Crippen LogP contribution in [0.15, 0.2) is 66.7 Å².